The lowest BCUT2D eigenvalue weighted by molar-refractivity contribution is -0.0727. The van der Waals surface area contributed by atoms with Crippen LogP contribution < -0.4 is 0 Å². The first-order chi connectivity index (χ1) is 13.4. The number of aliphatic hydroxyl groups excluding tert-OH is 3. The molecule has 10 unspecified atom stereocenters. The molecule has 3 fully saturated rings. The van der Waals surface area contributed by atoms with Gasteiger partial charge in [-0.2, -0.15) is 15.3 Å². The highest BCUT2D eigenvalue weighted by atomic mass is 16.3. The van der Waals surface area contributed by atoms with Crippen LogP contribution in [0.2, 0.25) is 0 Å². The van der Waals surface area contributed by atoms with Gasteiger partial charge in [-0.15, -0.1) is 13.2 Å². The molecule has 0 spiro atoms. The molecule has 0 aliphatic heterocycles. The zero-order chi connectivity index (χ0) is 20.8. The van der Waals surface area contributed by atoms with E-state index in [0.717, 1.165) is 25.7 Å². The van der Waals surface area contributed by atoms with Gasteiger partial charge in [0.25, 0.3) is 0 Å². The monoisotopic (exact) mass is 394 g/mol. The van der Waals surface area contributed by atoms with Crippen molar-refractivity contribution in [2.75, 3.05) is 0 Å². The molecule has 3 aliphatic carbocycles. The molecule has 0 aromatic heterocycles. The molecule has 10 atom stereocenters. The van der Waals surface area contributed by atoms with E-state index in [-0.39, 0.29) is 47.9 Å². The maximum atomic E-state index is 10.7. The highest BCUT2D eigenvalue weighted by Crippen LogP contribution is 2.48. The predicted octanol–water partition coefficient (Wildman–Crippen LogP) is 3.74. The first-order valence-corrected chi connectivity index (χ1v) is 10.7. The average molecular weight is 395 g/mol. The zero-order valence-electron chi connectivity index (χ0n) is 17.3. The van der Waals surface area contributed by atoms with Crippen LogP contribution in [0.1, 0.15) is 58.8 Å². The van der Waals surface area contributed by atoms with Crippen LogP contribution in [0.3, 0.4) is 0 Å². The summed E-state index contributed by atoms with van der Waals surface area (Å²) in [6.07, 6.45) is 4.35. The zero-order valence-corrected chi connectivity index (χ0v) is 17.3. The minimum Gasteiger partial charge on any atom is -0.393 e. The average Bonchev–Trinajstić information content (AvgIpc) is 2.87. The second-order valence-corrected chi connectivity index (χ2v) is 8.83. The molecule has 0 amide bonds. The molecular formula is C21H38N4O3. The Morgan fingerprint density at radius 1 is 0.821 bits per heavy atom. The highest BCUT2D eigenvalue weighted by Gasteiger charge is 2.51. The van der Waals surface area contributed by atoms with Crippen molar-refractivity contribution < 1.29 is 15.3 Å². The van der Waals surface area contributed by atoms with Crippen LogP contribution in [-0.2, 0) is 0 Å². The van der Waals surface area contributed by atoms with Gasteiger partial charge in [0.15, 0.2) is 0 Å². The number of azo groups is 1. The second kappa shape index (κ2) is 10.6. The fourth-order valence-electron chi connectivity index (χ4n) is 5.77. The van der Waals surface area contributed by atoms with Crippen molar-refractivity contribution in [3.8, 4) is 0 Å². The standard InChI is InChI=1S/C19H34N4O3.C2H4/c1-10-17-11(2)19(23-22-13-5-3-4-6-14(24)9-13)16(26)8-12(17)7-15(25)18(10)21-20;1-2/h10-20,24-26H,3-9H2,1-2H3;1-2H2. The minimum atomic E-state index is -0.589. The van der Waals surface area contributed by atoms with Gasteiger partial charge < -0.3 is 15.3 Å². The van der Waals surface area contributed by atoms with E-state index >= 15 is 0 Å². The van der Waals surface area contributed by atoms with Crippen molar-refractivity contribution in [1.29, 1.82) is 5.53 Å². The number of rotatable bonds is 3. The summed E-state index contributed by atoms with van der Waals surface area (Å²) in [5.74, 6) is 0.759. The lowest BCUT2D eigenvalue weighted by Gasteiger charge is -2.50. The van der Waals surface area contributed by atoms with E-state index in [1.165, 1.54) is 0 Å². The molecule has 160 valence electrons. The first kappa shape index (κ1) is 23.1. The maximum Gasteiger partial charge on any atom is 0.0995 e. The molecule has 3 aliphatic rings. The van der Waals surface area contributed by atoms with Crippen molar-refractivity contribution in [3.63, 3.8) is 0 Å². The van der Waals surface area contributed by atoms with Crippen molar-refractivity contribution in [2.45, 2.75) is 95.2 Å². The van der Waals surface area contributed by atoms with E-state index < -0.39 is 12.2 Å². The Morgan fingerprint density at radius 3 is 2.04 bits per heavy atom. The molecule has 0 heterocycles. The Kier molecular flexibility index (Phi) is 8.71. The largest absolute Gasteiger partial charge is 0.393 e. The summed E-state index contributed by atoms with van der Waals surface area (Å²) in [5.41, 5.74) is 7.42. The van der Waals surface area contributed by atoms with Crippen LogP contribution in [0.5, 0.6) is 0 Å². The topological polar surface area (TPSA) is 122 Å². The minimum absolute atomic E-state index is 0.0474. The molecule has 3 saturated carbocycles. The van der Waals surface area contributed by atoms with Crippen LogP contribution in [0.25, 0.3) is 0 Å². The normalized spacial score (nSPS) is 46.8. The second-order valence-electron chi connectivity index (χ2n) is 8.83. The Balaban J connectivity index is 0.00000136. The number of nitrogens with one attached hydrogen (secondary N) is 1. The lowest BCUT2D eigenvalue weighted by atomic mass is 9.58. The van der Waals surface area contributed by atoms with E-state index in [1.807, 2.05) is 0 Å². The molecule has 0 bridgehead atoms. The Bertz CT molecular complexity index is 532. The molecule has 7 nitrogen and oxygen atoms in total. The fourth-order valence-corrected chi connectivity index (χ4v) is 5.77. The van der Waals surface area contributed by atoms with E-state index in [9.17, 15) is 15.3 Å². The summed E-state index contributed by atoms with van der Waals surface area (Å²) in [6.45, 7) is 10.2. The number of fused-ring (bicyclic) bond motifs is 1. The van der Waals surface area contributed by atoms with E-state index in [2.05, 4.69) is 42.3 Å². The van der Waals surface area contributed by atoms with Crippen molar-refractivity contribution in [2.24, 2.45) is 39.0 Å². The van der Waals surface area contributed by atoms with E-state index in [4.69, 9.17) is 5.53 Å². The smallest absolute Gasteiger partial charge is 0.0995 e. The van der Waals surface area contributed by atoms with Gasteiger partial charge in [0.2, 0.25) is 0 Å². The summed E-state index contributed by atoms with van der Waals surface area (Å²) in [5, 5.41) is 43.7. The highest BCUT2D eigenvalue weighted by molar-refractivity contribution is 5.03. The molecular weight excluding hydrogens is 356 g/mol. The Hall–Kier alpha value is -1.18. The summed E-state index contributed by atoms with van der Waals surface area (Å²) < 4.78 is 0. The maximum absolute atomic E-state index is 10.7. The number of aliphatic hydroxyl groups is 3. The van der Waals surface area contributed by atoms with Crippen molar-refractivity contribution >= 4 is 0 Å². The van der Waals surface area contributed by atoms with Crippen molar-refractivity contribution in [1.82, 2.24) is 0 Å². The molecule has 0 aromatic rings. The lowest BCUT2D eigenvalue weighted by Crippen LogP contribution is -2.54. The van der Waals surface area contributed by atoms with Gasteiger partial charge in [-0.1, -0.05) is 26.7 Å². The van der Waals surface area contributed by atoms with Gasteiger partial charge in [-0.05, 0) is 55.8 Å². The number of hydrogen-bond donors (Lipinski definition) is 4. The molecule has 0 saturated heterocycles. The van der Waals surface area contributed by atoms with Crippen LogP contribution in [0.15, 0.2) is 28.5 Å². The molecule has 3 rings (SSSR count). The molecule has 7 heteroatoms. The third-order valence-electron chi connectivity index (χ3n) is 7.09. The predicted molar refractivity (Wildman–Crippen MR) is 108 cm³/mol. The van der Waals surface area contributed by atoms with Crippen LogP contribution in [-0.4, -0.2) is 51.8 Å². The quantitative estimate of drug-likeness (QED) is 0.331. The summed E-state index contributed by atoms with van der Waals surface area (Å²) in [4.78, 5) is 0. The van der Waals surface area contributed by atoms with E-state index in [1.54, 1.807) is 0 Å². The number of nitrogens with zero attached hydrogens (tertiary/aromatic N) is 3. The van der Waals surface area contributed by atoms with Gasteiger partial charge in [0.05, 0.1) is 36.4 Å². The fraction of sp³-hybridized carbons (Fsp3) is 0.905. The summed E-state index contributed by atoms with van der Waals surface area (Å²) in [6, 6.07) is -0.560. The van der Waals surface area contributed by atoms with Crippen molar-refractivity contribution in [3.05, 3.63) is 13.2 Å². The van der Waals surface area contributed by atoms with Crippen LogP contribution in [0, 0.1) is 29.2 Å². The van der Waals surface area contributed by atoms with Gasteiger partial charge in [-0.25, -0.2) is 5.53 Å². The van der Waals surface area contributed by atoms with Gasteiger partial charge in [-0.3, -0.25) is 0 Å². The van der Waals surface area contributed by atoms with Gasteiger partial charge in [0, 0.05) is 0 Å². The Morgan fingerprint density at radius 2 is 1.39 bits per heavy atom. The number of hydrogen-bond acceptors (Lipinski definition) is 7. The Labute approximate surface area is 168 Å². The molecule has 28 heavy (non-hydrogen) atoms. The van der Waals surface area contributed by atoms with Gasteiger partial charge in [0.1, 0.15) is 0 Å². The molecule has 0 aromatic carbocycles. The third-order valence-corrected chi connectivity index (χ3v) is 7.09. The van der Waals surface area contributed by atoms with E-state index in [0.29, 0.717) is 19.3 Å². The SMILES string of the molecule is C=C.CC1C(N=N)C(O)CC2CC(O)C(N=NC3CCCCC(O)C3)C(C)C21. The van der Waals surface area contributed by atoms with Gasteiger partial charge >= 0.3 is 0 Å². The van der Waals surface area contributed by atoms with Crippen LogP contribution in [0.4, 0.5) is 0 Å². The molecule has 4 N–H and O–H groups in total. The van der Waals surface area contributed by atoms with Crippen LogP contribution >= 0.6 is 0 Å². The summed E-state index contributed by atoms with van der Waals surface area (Å²) in [7, 11) is 0. The first-order valence-electron chi connectivity index (χ1n) is 10.7. The molecule has 0 radical (unpaired) electrons. The summed E-state index contributed by atoms with van der Waals surface area (Å²) >= 11 is 0. The third kappa shape index (κ3) is 5.05.